The minimum Gasteiger partial charge on any atom is -0.345 e. The number of carbonyl (C=O) groups excluding carboxylic acids is 2. The molecule has 0 aliphatic heterocycles. The lowest BCUT2D eigenvalue weighted by Gasteiger charge is -2.66. The second-order valence-electron chi connectivity index (χ2n) is 7.76. The third-order valence-corrected chi connectivity index (χ3v) is 6.73. The molecule has 2 amide bonds. The summed E-state index contributed by atoms with van der Waals surface area (Å²) in [6.45, 7) is 0. The number of benzene rings is 1. The highest BCUT2D eigenvalue weighted by molar-refractivity contribution is 6.33. The topological polar surface area (TPSA) is 88.4 Å². The molecule has 0 saturated heterocycles. The predicted octanol–water partition coefficient (Wildman–Crippen LogP) is 3.34. The fourth-order valence-electron chi connectivity index (χ4n) is 4.56. The summed E-state index contributed by atoms with van der Waals surface area (Å²) in [7, 11) is 0. The van der Waals surface area contributed by atoms with E-state index in [9.17, 15) is 18.4 Å². The van der Waals surface area contributed by atoms with Crippen LogP contribution in [0.2, 0.25) is 5.02 Å². The fourth-order valence-corrected chi connectivity index (χ4v) is 4.80. The maximum absolute atomic E-state index is 14.1. The molecule has 2 N–H and O–H groups in total. The van der Waals surface area contributed by atoms with E-state index in [-0.39, 0.29) is 16.6 Å². The van der Waals surface area contributed by atoms with E-state index < -0.39 is 28.5 Å². The van der Waals surface area contributed by atoms with Crippen LogP contribution in [0.4, 0.5) is 14.5 Å². The van der Waals surface area contributed by atoms with E-state index >= 15 is 0 Å². The second-order valence-corrected chi connectivity index (χ2v) is 8.17. The zero-order valence-electron chi connectivity index (χ0n) is 15.6. The number of nitrogens with zero attached hydrogens (tertiary/aromatic N) is 3. The van der Waals surface area contributed by atoms with Crippen molar-refractivity contribution in [2.45, 2.75) is 31.2 Å². The van der Waals surface area contributed by atoms with Crippen molar-refractivity contribution in [1.82, 2.24) is 19.9 Å². The average molecular weight is 432 g/mol. The van der Waals surface area contributed by atoms with E-state index in [1.807, 2.05) is 0 Å². The van der Waals surface area contributed by atoms with Crippen molar-refractivity contribution in [2.24, 2.45) is 5.41 Å². The predicted molar refractivity (Wildman–Crippen MR) is 104 cm³/mol. The number of nitrogens with one attached hydrogen (secondary N) is 2. The highest BCUT2D eigenvalue weighted by Gasteiger charge is 2.70. The lowest BCUT2D eigenvalue weighted by Crippen LogP contribution is -2.77. The summed E-state index contributed by atoms with van der Waals surface area (Å²) in [5.41, 5.74) is -1.11. The van der Waals surface area contributed by atoms with Gasteiger partial charge in [0.05, 0.1) is 27.9 Å². The molecule has 10 heteroatoms. The monoisotopic (exact) mass is 431 g/mol. The molecule has 154 valence electrons. The van der Waals surface area contributed by atoms with Crippen molar-refractivity contribution < 1.29 is 18.4 Å². The zero-order chi connectivity index (χ0) is 21.1. The maximum atomic E-state index is 14.1. The van der Waals surface area contributed by atoms with Crippen molar-refractivity contribution in [3.63, 3.8) is 0 Å². The van der Waals surface area contributed by atoms with Gasteiger partial charge in [-0.3, -0.25) is 9.59 Å². The van der Waals surface area contributed by atoms with Gasteiger partial charge in [0.15, 0.2) is 11.5 Å². The van der Waals surface area contributed by atoms with Crippen LogP contribution in [0, 0.1) is 17.0 Å². The van der Waals surface area contributed by atoms with Gasteiger partial charge in [-0.25, -0.2) is 18.3 Å². The Bertz CT molecular complexity index is 1180. The van der Waals surface area contributed by atoms with Crippen LogP contribution >= 0.6 is 11.6 Å². The average Bonchev–Trinajstić information content (AvgIpc) is 3.13. The molecule has 2 saturated carbocycles. The van der Waals surface area contributed by atoms with Gasteiger partial charge in [-0.1, -0.05) is 11.6 Å². The van der Waals surface area contributed by atoms with Gasteiger partial charge in [-0.15, -0.1) is 0 Å². The number of hydrogen-bond acceptors (Lipinski definition) is 4. The van der Waals surface area contributed by atoms with Crippen LogP contribution in [0.15, 0.2) is 36.8 Å². The van der Waals surface area contributed by atoms with Crippen LogP contribution in [0.3, 0.4) is 0 Å². The van der Waals surface area contributed by atoms with Gasteiger partial charge < -0.3 is 10.6 Å². The summed E-state index contributed by atoms with van der Waals surface area (Å²) in [5, 5.41) is 9.38. The first-order valence-electron chi connectivity index (χ1n) is 9.42. The summed E-state index contributed by atoms with van der Waals surface area (Å²) >= 11 is 5.91. The van der Waals surface area contributed by atoms with Gasteiger partial charge in [0.1, 0.15) is 11.4 Å². The Balaban J connectivity index is 1.38. The Morgan fingerprint density at radius 3 is 2.60 bits per heavy atom. The highest BCUT2D eigenvalue weighted by atomic mass is 35.5. The summed E-state index contributed by atoms with van der Waals surface area (Å²) in [5.74, 6) is -2.59. The van der Waals surface area contributed by atoms with Crippen molar-refractivity contribution in [3.8, 4) is 0 Å². The molecular weight excluding hydrogens is 416 g/mol. The molecule has 0 unspecified atom stereocenters. The van der Waals surface area contributed by atoms with E-state index in [0.29, 0.717) is 43.0 Å². The Morgan fingerprint density at radius 1 is 1.17 bits per heavy atom. The fraction of sp³-hybridized carbons (Fsp3) is 0.300. The SMILES string of the molecule is O=C(NC12CCC1(C(=O)Nc1c(F)cc(F)cc1Cl)CC2)c1cnn2cccnc12. The highest BCUT2D eigenvalue weighted by Crippen LogP contribution is 2.64. The molecule has 3 aromatic rings. The Labute approximate surface area is 174 Å². The summed E-state index contributed by atoms with van der Waals surface area (Å²) < 4.78 is 28.9. The third-order valence-electron chi connectivity index (χ3n) is 6.43. The number of carbonyl (C=O) groups is 2. The molecule has 1 aromatic carbocycles. The third kappa shape index (κ3) is 2.54. The van der Waals surface area contributed by atoms with E-state index in [4.69, 9.17) is 11.6 Å². The first-order chi connectivity index (χ1) is 14.4. The van der Waals surface area contributed by atoms with Gasteiger partial charge >= 0.3 is 0 Å². The van der Waals surface area contributed by atoms with Crippen LogP contribution in [-0.4, -0.2) is 32.0 Å². The van der Waals surface area contributed by atoms with Gasteiger partial charge in [-0.2, -0.15) is 5.10 Å². The van der Waals surface area contributed by atoms with Crippen LogP contribution in [0.5, 0.6) is 0 Å². The van der Waals surface area contributed by atoms with Crippen molar-refractivity contribution in [1.29, 1.82) is 0 Å². The molecule has 0 radical (unpaired) electrons. The zero-order valence-corrected chi connectivity index (χ0v) is 16.3. The molecule has 0 bridgehead atoms. The molecule has 30 heavy (non-hydrogen) atoms. The van der Waals surface area contributed by atoms with E-state index in [0.717, 1.165) is 6.07 Å². The Kier molecular flexibility index (Phi) is 4.08. The van der Waals surface area contributed by atoms with Crippen molar-refractivity contribution >= 4 is 34.7 Å². The van der Waals surface area contributed by atoms with Gasteiger partial charge in [-0.05, 0) is 37.8 Å². The van der Waals surface area contributed by atoms with Crippen LogP contribution in [0.25, 0.3) is 5.65 Å². The number of rotatable bonds is 4. The van der Waals surface area contributed by atoms with E-state index in [2.05, 4.69) is 20.7 Å². The lowest BCUT2D eigenvalue weighted by atomic mass is 9.42. The number of aromatic nitrogens is 3. The standard InChI is InChI=1S/C20H16ClF2N5O2/c21-13-8-11(22)9-14(23)15(13)26-18(30)19-2-4-20(19,5-3-19)27-17(29)12-10-25-28-7-1-6-24-16(12)28/h1,6-10H,2-5H2,(H,26,30)(H,27,29). The van der Waals surface area contributed by atoms with Gasteiger partial charge in [0, 0.05) is 18.5 Å². The van der Waals surface area contributed by atoms with Crippen LogP contribution in [-0.2, 0) is 4.79 Å². The molecule has 0 atom stereocenters. The molecule has 2 aromatic heterocycles. The molecule has 7 nitrogen and oxygen atoms in total. The summed E-state index contributed by atoms with van der Waals surface area (Å²) in [6.07, 6.45) is 7.03. The number of hydrogen-bond donors (Lipinski definition) is 2. The lowest BCUT2D eigenvalue weighted by molar-refractivity contribution is -0.161. The first kappa shape index (κ1) is 18.9. The minimum atomic E-state index is -0.949. The van der Waals surface area contributed by atoms with E-state index in [1.165, 1.54) is 10.7 Å². The molecule has 0 spiro atoms. The van der Waals surface area contributed by atoms with Gasteiger partial charge in [0.25, 0.3) is 5.91 Å². The van der Waals surface area contributed by atoms with Crippen molar-refractivity contribution in [3.05, 3.63) is 59.0 Å². The number of amides is 2. The smallest absolute Gasteiger partial charge is 0.257 e. The second kappa shape index (κ2) is 6.46. The number of halogens is 3. The molecule has 2 heterocycles. The van der Waals surface area contributed by atoms with Crippen molar-refractivity contribution in [2.75, 3.05) is 5.32 Å². The minimum absolute atomic E-state index is 0.219. The van der Waals surface area contributed by atoms with Crippen LogP contribution < -0.4 is 10.6 Å². The molecule has 5 rings (SSSR count). The number of fused-ring (bicyclic) bond motifs is 2. The summed E-state index contributed by atoms with van der Waals surface area (Å²) in [6, 6.07) is 3.30. The normalized spacial score (nSPS) is 24.5. The van der Waals surface area contributed by atoms with E-state index in [1.54, 1.807) is 18.5 Å². The molecular formula is C20H16ClF2N5O2. The summed E-state index contributed by atoms with van der Waals surface area (Å²) in [4.78, 5) is 30.1. The molecule has 2 aliphatic carbocycles. The van der Waals surface area contributed by atoms with Crippen LogP contribution in [0.1, 0.15) is 36.0 Å². The largest absolute Gasteiger partial charge is 0.345 e. The van der Waals surface area contributed by atoms with Gasteiger partial charge in [0.2, 0.25) is 5.91 Å². The molecule has 2 aliphatic rings. The maximum Gasteiger partial charge on any atom is 0.257 e. The number of anilines is 1. The molecule has 2 fully saturated rings. The Morgan fingerprint density at radius 2 is 1.93 bits per heavy atom. The quantitative estimate of drug-likeness (QED) is 0.663. The first-order valence-corrected chi connectivity index (χ1v) is 9.80. The Hall–Kier alpha value is -3.07.